The zero-order valence-electron chi connectivity index (χ0n) is 15.0. The molecule has 0 fully saturated rings. The maximum absolute atomic E-state index is 12.1. The summed E-state index contributed by atoms with van der Waals surface area (Å²) in [5, 5.41) is 4.88. The van der Waals surface area contributed by atoms with Crippen LogP contribution in [-0.2, 0) is 4.74 Å². The smallest absolute Gasteiger partial charge is 0.340 e. The minimum Gasteiger partial charge on any atom is -0.462 e. The summed E-state index contributed by atoms with van der Waals surface area (Å²) < 4.78 is 5.15. The number of rotatable bonds is 6. The Bertz CT molecular complexity index is 664. The van der Waals surface area contributed by atoms with Gasteiger partial charge in [-0.05, 0) is 32.8 Å². The molecule has 0 amide bonds. The molecule has 1 aliphatic rings. The number of hydrogen-bond donors (Lipinski definition) is 2. The highest BCUT2D eigenvalue weighted by Crippen LogP contribution is 2.28. The number of aromatic amines is 1. The lowest BCUT2D eigenvalue weighted by Crippen LogP contribution is -2.39. The molecule has 7 heteroatoms. The monoisotopic (exact) mass is 350 g/mol. The third-order valence-corrected chi connectivity index (χ3v) is 4.77. The topological polar surface area (TPSA) is 69.7 Å². The maximum atomic E-state index is 12.1. The fraction of sp³-hybridized carbons (Fsp3) is 0.529. The summed E-state index contributed by atoms with van der Waals surface area (Å²) in [4.78, 5) is 20.0. The molecule has 6 nitrogen and oxygen atoms in total. The first-order valence-corrected chi connectivity index (χ1v) is 9.15. The normalized spacial score (nSPS) is 16.1. The largest absolute Gasteiger partial charge is 0.462 e. The fourth-order valence-corrected chi connectivity index (χ4v) is 3.33. The van der Waals surface area contributed by atoms with Crippen LogP contribution in [0.4, 0.5) is 0 Å². The third-order valence-electron chi connectivity index (χ3n) is 3.80. The zero-order chi connectivity index (χ0) is 17.7. The zero-order valence-corrected chi connectivity index (χ0v) is 15.8. The molecule has 24 heavy (non-hydrogen) atoms. The Labute approximate surface area is 147 Å². The van der Waals surface area contributed by atoms with Crippen molar-refractivity contribution < 1.29 is 9.53 Å². The van der Waals surface area contributed by atoms with Crippen LogP contribution in [0.1, 0.15) is 54.0 Å². The lowest BCUT2D eigenvalue weighted by Gasteiger charge is -2.27. The first-order valence-electron chi connectivity index (χ1n) is 8.27. The van der Waals surface area contributed by atoms with Crippen molar-refractivity contribution >= 4 is 28.6 Å². The quantitative estimate of drug-likeness (QED) is 0.607. The van der Waals surface area contributed by atoms with Gasteiger partial charge in [-0.25, -0.2) is 4.79 Å². The van der Waals surface area contributed by atoms with Gasteiger partial charge >= 0.3 is 5.97 Å². The molecule has 0 saturated heterocycles. The van der Waals surface area contributed by atoms with Crippen LogP contribution in [0.5, 0.6) is 0 Å². The number of nitrogens with one attached hydrogen (secondary N) is 2. The van der Waals surface area contributed by atoms with Crippen LogP contribution < -0.4 is 5.43 Å². The molecule has 1 aliphatic heterocycles. The molecule has 0 aromatic carbocycles. The summed E-state index contributed by atoms with van der Waals surface area (Å²) in [5.74, 6) is -0.283. The highest BCUT2D eigenvalue weighted by Gasteiger charge is 2.23. The summed E-state index contributed by atoms with van der Waals surface area (Å²) in [6.45, 7) is 9.00. The predicted molar refractivity (Wildman–Crippen MR) is 99.9 cm³/mol. The highest BCUT2D eigenvalue weighted by atomic mass is 32.2. The second kappa shape index (κ2) is 8.28. The van der Waals surface area contributed by atoms with E-state index in [-0.39, 0.29) is 5.97 Å². The second-order valence-corrected chi connectivity index (χ2v) is 6.52. The highest BCUT2D eigenvalue weighted by molar-refractivity contribution is 8.16. The van der Waals surface area contributed by atoms with Crippen molar-refractivity contribution in [2.24, 2.45) is 4.99 Å². The lowest BCUT2D eigenvalue weighted by molar-refractivity contribution is 0.0525. The Balaban J connectivity index is 2.23. The summed E-state index contributed by atoms with van der Waals surface area (Å²) in [5.41, 5.74) is 7.48. The van der Waals surface area contributed by atoms with Crippen LogP contribution >= 0.6 is 11.8 Å². The van der Waals surface area contributed by atoms with E-state index in [4.69, 9.17) is 4.74 Å². The van der Waals surface area contributed by atoms with Crippen LogP contribution in [0.25, 0.3) is 5.70 Å². The fourth-order valence-electron chi connectivity index (χ4n) is 2.57. The predicted octanol–water partition coefficient (Wildman–Crippen LogP) is 3.45. The van der Waals surface area contributed by atoms with E-state index in [2.05, 4.69) is 22.3 Å². The molecule has 0 spiro atoms. The summed E-state index contributed by atoms with van der Waals surface area (Å²) in [6.07, 6.45) is 2.23. The van der Waals surface area contributed by atoms with Crippen LogP contribution in [0, 0.1) is 13.8 Å². The molecule has 132 valence electrons. The van der Waals surface area contributed by atoms with Crippen LogP contribution in [0.3, 0.4) is 0 Å². The molecular formula is C17H26N4O2S. The summed E-state index contributed by atoms with van der Waals surface area (Å²) >= 11 is 1.58. The molecule has 1 aromatic heterocycles. The standard InChI is InChI=1S/C17H26N4O2S/c1-6-8-9-18-17-21(5)20-13(10-24-17)15-11(3)14(12(4)19-15)16(22)23-7-2/h10,19-20H,6-9H2,1-5H3. The van der Waals surface area contributed by atoms with Gasteiger partial charge in [-0.15, -0.1) is 0 Å². The van der Waals surface area contributed by atoms with Crippen LogP contribution in [0.15, 0.2) is 10.4 Å². The number of hydrogen-bond acceptors (Lipinski definition) is 5. The SMILES string of the molecule is CCCCN=C1SC=C(c2[nH]c(C)c(C(=O)OCC)c2C)NN1C. The van der Waals surface area contributed by atoms with Crippen LogP contribution in [-0.4, -0.2) is 41.3 Å². The van der Waals surface area contributed by atoms with Crippen LogP contribution in [0.2, 0.25) is 0 Å². The number of aromatic nitrogens is 1. The van der Waals surface area contributed by atoms with Gasteiger partial charge in [0, 0.05) is 24.7 Å². The maximum Gasteiger partial charge on any atom is 0.340 e. The Morgan fingerprint density at radius 3 is 2.75 bits per heavy atom. The van der Waals surface area contributed by atoms with E-state index >= 15 is 0 Å². The number of carbonyl (C=O) groups excluding carboxylic acids is 1. The Morgan fingerprint density at radius 2 is 2.12 bits per heavy atom. The van der Waals surface area contributed by atoms with Crippen molar-refractivity contribution in [3.8, 4) is 0 Å². The second-order valence-electron chi connectivity index (χ2n) is 5.68. The molecule has 2 N–H and O–H groups in total. The van der Waals surface area contributed by atoms with E-state index in [0.717, 1.165) is 47.2 Å². The van der Waals surface area contributed by atoms with Gasteiger partial charge in [0.05, 0.1) is 23.6 Å². The Morgan fingerprint density at radius 1 is 1.38 bits per heavy atom. The number of aliphatic imine (C=N–C) groups is 1. The molecule has 2 heterocycles. The van der Waals surface area contributed by atoms with Gasteiger partial charge in [0.15, 0.2) is 5.17 Å². The minimum atomic E-state index is -0.283. The Hall–Kier alpha value is -1.89. The van der Waals surface area contributed by atoms with Gasteiger partial charge in [0.25, 0.3) is 0 Å². The van der Waals surface area contributed by atoms with E-state index < -0.39 is 0 Å². The molecule has 1 aromatic rings. The number of nitrogens with zero attached hydrogens (tertiary/aromatic N) is 2. The molecule has 0 radical (unpaired) electrons. The average molecular weight is 350 g/mol. The number of hydrazine groups is 1. The van der Waals surface area contributed by atoms with Gasteiger partial charge in [-0.2, -0.15) is 0 Å². The first-order chi connectivity index (χ1) is 11.5. The van der Waals surface area contributed by atoms with E-state index in [1.807, 2.05) is 38.2 Å². The number of carbonyl (C=O) groups is 1. The van der Waals surface area contributed by atoms with Crippen molar-refractivity contribution in [3.63, 3.8) is 0 Å². The van der Waals surface area contributed by atoms with E-state index in [1.54, 1.807) is 11.8 Å². The molecule has 2 rings (SSSR count). The molecule has 0 bridgehead atoms. The Kier molecular flexibility index (Phi) is 6.36. The van der Waals surface area contributed by atoms with Crippen molar-refractivity contribution in [1.29, 1.82) is 0 Å². The molecule has 0 saturated carbocycles. The lowest BCUT2D eigenvalue weighted by atomic mass is 10.1. The summed E-state index contributed by atoms with van der Waals surface area (Å²) in [6, 6.07) is 0. The van der Waals surface area contributed by atoms with Gasteiger partial charge in [0.2, 0.25) is 0 Å². The average Bonchev–Trinajstić information content (AvgIpc) is 2.84. The number of esters is 1. The first kappa shape index (κ1) is 18.4. The number of ether oxygens (including phenoxy) is 1. The number of amidine groups is 1. The van der Waals surface area contributed by atoms with Crippen molar-refractivity contribution in [2.75, 3.05) is 20.2 Å². The molecular weight excluding hydrogens is 324 g/mol. The van der Waals surface area contributed by atoms with Gasteiger partial charge in [-0.3, -0.25) is 15.4 Å². The van der Waals surface area contributed by atoms with Crippen molar-refractivity contribution in [1.82, 2.24) is 15.4 Å². The molecule has 0 unspecified atom stereocenters. The van der Waals surface area contributed by atoms with E-state index in [9.17, 15) is 4.79 Å². The van der Waals surface area contributed by atoms with Gasteiger partial charge in [-0.1, -0.05) is 25.1 Å². The van der Waals surface area contributed by atoms with Gasteiger partial charge in [0.1, 0.15) is 0 Å². The van der Waals surface area contributed by atoms with E-state index in [1.165, 1.54) is 0 Å². The number of aryl methyl sites for hydroxylation is 1. The summed E-state index contributed by atoms with van der Waals surface area (Å²) in [7, 11) is 1.95. The number of H-pyrrole nitrogens is 1. The van der Waals surface area contributed by atoms with E-state index in [0.29, 0.717) is 12.2 Å². The number of thioether (sulfide) groups is 1. The van der Waals surface area contributed by atoms with Crippen molar-refractivity contribution in [3.05, 3.63) is 27.9 Å². The minimum absolute atomic E-state index is 0.283. The van der Waals surface area contributed by atoms with Crippen molar-refractivity contribution in [2.45, 2.75) is 40.5 Å². The van der Waals surface area contributed by atoms with Gasteiger partial charge < -0.3 is 9.72 Å². The molecule has 0 aliphatic carbocycles. The molecule has 0 atom stereocenters. The number of unbranched alkanes of at least 4 members (excludes halogenated alkanes) is 1. The third kappa shape index (κ3) is 3.95.